The van der Waals surface area contributed by atoms with Gasteiger partial charge in [-0.25, -0.2) is 0 Å². The Morgan fingerprint density at radius 3 is 2.05 bits per heavy atom. The van der Waals surface area contributed by atoms with Gasteiger partial charge in [0.1, 0.15) is 0 Å². The highest BCUT2D eigenvalue weighted by molar-refractivity contribution is 4.70. The van der Waals surface area contributed by atoms with E-state index in [1.54, 1.807) is 0 Å². The zero-order chi connectivity index (χ0) is 16.3. The summed E-state index contributed by atoms with van der Waals surface area (Å²) in [7, 11) is 0. The van der Waals surface area contributed by atoms with Crippen molar-refractivity contribution in [3.05, 3.63) is 0 Å². The van der Waals surface area contributed by atoms with E-state index in [0.717, 1.165) is 32.8 Å². The Morgan fingerprint density at radius 2 is 1.45 bits per heavy atom. The molecule has 1 aliphatic rings. The molecule has 5 heteroatoms. The van der Waals surface area contributed by atoms with Crippen LogP contribution in [-0.2, 0) is 9.47 Å². The molecule has 1 N–H and O–H groups in total. The van der Waals surface area contributed by atoms with Crippen molar-refractivity contribution in [2.45, 2.75) is 27.7 Å². The van der Waals surface area contributed by atoms with Crippen molar-refractivity contribution in [2.24, 2.45) is 5.41 Å². The maximum Gasteiger partial charge on any atom is 0.0701 e. The van der Waals surface area contributed by atoms with Crippen molar-refractivity contribution in [3.8, 4) is 0 Å². The van der Waals surface area contributed by atoms with E-state index >= 15 is 0 Å². The molecule has 5 nitrogen and oxygen atoms in total. The lowest BCUT2D eigenvalue weighted by atomic mass is 9.97. The largest absolute Gasteiger partial charge is 0.378 e. The Morgan fingerprint density at radius 1 is 0.864 bits per heavy atom. The first-order chi connectivity index (χ1) is 10.5. The van der Waals surface area contributed by atoms with Gasteiger partial charge in [-0.2, -0.15) is 0 Å². The molecule has 0 aliphatic carbocycles. The van der Waals surface area contributed by atoms with Gasteiger partial charge in [-0.15, -0.1) is 0 Å². The summed E-state index contributed by atoms with van der Waals surface area (Å²) in [5, 5.41) is 3.40. The van der Waals surface area contributed by atoms with E-state index in [2.05, 4.69) is 42.8 Å². The molecule has 22 heavy (non-hydrogen) atoms. The fourth-order valence-electron chi connectivity index (χ4n) is 2.45. The normalized spacial score (nSPS) is 18.0. The molecule has 0 spiro atoms. The second kappa shape index (κ2) is 11.4. The zero-order valence-electron chi connectivity index (χ0n) is 15.2. The Balaban J connectivity index is 1.80. The molecule has 0 unspecified atom stereocenters. The fourth-order valence-corrected chi connectivity index (χ4v) is 2.45. The van der Waals surface area contributed by atoms with Gasteiger partial charge in [-0.05, 0) is 12.0 Å². The highest BCUT2D eigenvalue weighted by atomic mass is 16.5. The first-order valence-electron chi connectivity index (χ1n) is 8.82. The standard InChI is InChI=1S/C17H37N3O2/c1-5-19-7-9-20(10-8-19)11-13-22-15-14-21-12-6-18-16-17(2,3)4/h18H,5-16H2,1-4H3. The molecule has 1 aliphatic heterocycles. The van der Waals surface area contributed by atoms with E-state index in [-0.39, 0.29) is 0 Å². The van der Waals surface area contributed by atoms with Gasteiger partial charge in [-0.3, -0.25) is 4.90 Å². The molecule has 0 aromatic heterocycles. The minimum atomic E-state index is 0.339. The molecule has 132 valence electrons. The molecule has 1 rings (SSSR count). The number of hydrogen-bond donors (Lipinski definition) is 1. The van der Waals surface area contributed by atoms with Crippen molar-refractivity contribution >= 4 is 0 Å². The molecule has 0 atom stereocenters. The highest BCUT2D eigenvalue weighted by Crippen LogP contribution is 2.09. The van der Waals surface area contributed by atoms with Crippen LogP contribution < -0.4 is 5.32 Å². The summed E-state index contributed by atoms with van der Waals surface area (Å²) in [6.07, 6.45) is 0. The van der Waals surface area contributed by atoms with E-state index in [9.17, 15) is 0 Å². The molecule has 0 aromatic carbocycles. The second-order valence-corrected chi connectivity index (χ2v) is 7.24. The van der Waals surface area contributed by atoms with Gasteiger partial charge in [0.15, 0.2) is 0 Å². The average molecular weight is 316 g/mol. The SMILES string of the molecule is CCN1CCN(CCOCCOCCNCC(C)(C)C)CC1. The van der Waals surface area contributed by atoms with Gasteiger partial charge in [0, 0.05) is 45.8 Å². The average Bonchev–Trinajstić information content (AvgIpc) is 2.48. The number of nitrogens with one attached hydrogen (secondary N) is 1. The summed E-state index contributed by atoms with van der Waals surface area (Å²) in [6, 6.07) is 0. The quantitative estimate of drug-likeness (QED) is 0.582. The van der Waals surface area contributed by atoms with Gasteiger partial charge in [0.2, 0.25) is 0 Å². The summed E-state index contributed by atoms with van der Waals surface area (Å²) in [5.74, 6) is 0. The number of hydrogen-bond acceptors (Lipinski definition) is 5. The van der Waals surface area contributed by atoms with E-state index in [4.69, 9.17) is 9.47 Å². The van der Waals surface area contributed by atoms with Crippen LogP contribution in [0, 0.1) is 5.41 Å². The Labute approximate surface area is 137 Å². The number of likely N-dealkylation sites (N-methyl/N-ethyl adjacent to an activating group) is 1. The molecule has 1 saturated heterocycles. The molecular weight excluding hydrogens is 278 g/mol. The summed E-state index contributed by atoms with van der Waals surface area (Å²) in [4.78, 5) is 4.99. The minimum Gasteiger partial charge on any atom is -0.378 e. The van der Waals surface area contributed by atoms with Crippen molar-refractivity contribution in [3.63, 3.8) is 0 Å². The van der Waals surface area contributed by atoms with Crippen LogP contribution in [0.15, 0.2) is 0 Å². The van der Waals surface area contributed by atoms with Gasteiger partial charge in [0.25, 0.3) is 0 Å². The van der Waals surface area contributed by atoms with Crippen molar-refractivity contribution in [2.75, 3.05) is 78.8 Å². The molecule has 0 aromatic rings. The van der Waals surface area contributed by atoms with Gasteiger partial charge in [0.05, 0.1) is 26.4 Å². The lowest BCUT2D eigenvalue weighted by Gasteiger charge is -2.33. The van der Waals surface area contributed by atoms with Crippen LogP contribution in [-0.4, -0.2) is 88.6 Å². The lowest BCUT2D eigenvalue weighted by molar-refractivity contribution is 0.0326. The predicted octanol–water partition coefficient (Wildman–Crippen LogP) is 1.29. The third kappa shape index (κ3) is 10.5. The summed E-state index contributed by atoms with van der Waals surface area (Å²) >= 11 is 0. The number of nitrogens with zero attached hydrogens (tertiary/aromatic N) is 2. The van der Waals surface area contributed by atoms with E-state index in [1.165, 1.54) is 32.7 Å². The molecule has 1 heterocycles. The van der Waals surface area contributed by atoms with Gasteiger partial charge < -0.3 is 19.7 Å². The summed E-state index contributed by atoms with van der Waals surface area (Å²) in [6.45, 7) is 20.8. The molecule has 0 saturated carbocycles. The highest BCUT2D eigenvalue weighted by Gasteiger charge is 2.14. The number of rotatable bonds is 11. The van der Waals surface area contributed by atoms with Crippen molar-refractivity contribution in [1.82, 2.24) is 15.1 Å². The zero-order valence-corrected chi connectivity index (χ0v) is 15.2. The monoisotopic (exact) mass is 315 g/mol. The number of ether oxygens (including phenoxy) is 2. The van der Waals surface area contributed by atoms with E-state index in [0.29, 0.717) is 18.6 Å². The van der Waals surface area contributed by atoms with Crippen LogP contribution in [0.25, 0.3) is 0 Å². The first-order valence-corrected chi connectivity index (χ1v) is 8.82. The molecule has 0 bridgehead atoms. The molecule has 1 fully saturated rings. The van der Waals surface area contributed by atoms with Crippen molar-refractivity contribution < 1.29 is 9.47 Å². The van der Waals surface area contributed by atoms with Gasteiger partial charge in [-0.1, -0.05) is 27.7 Å². The third-order valence-electron chi connectivity index (χ3n) is 3.91. The Bertz CT molecular complexity index is 261. The van der Waals surface area contributed by atoms with Crippen LogP contribution in [0.1, 0.15) is 27.7 Å². The maximum atomic E-state index is 5.65. The topological polar surface area (TPSA) is 37.0 Å². The van der Waals surface area contributed by atoms with Gasteiger partial charge >= 0.3 is 0 Å². The first kappa shape index (κ1) is 19.8. The second-order valence-electron chi connectivity index (χ2n) is 7.24. The molecular formula is C17H37N3O2. The van der Waals surface area contributed by atoms with Crippen LogP contribution in [0.4, 0.5) is 0 Å². The lowest BCUT2D eigenvalue weighted by Crippen LogP contribution is -2.47. The Hall–Kier alpha value is -0.200. The summed E-state index contributed by atoms with van der Waals surface area (Å²) in [5.41, 5.74) is 0.339. The van der Waals surface area contributed by atoms with Crippen LogP contribution in [0.2, 0.25) is 0 Å². The minimum absolute atomic E-state index is 0.339. The maximum absolute atomic E-state index is 5.65. The smallest absolute Gasteiger partial charge is 0.0701 e. The number of piperazine rings is 1. The molecule has 0 radical (unpaired) electrons. The third-order valence-corrected chi connectivity index (χ3v) is 3.91. The van der Waals surface area contributed by atoms with Crippen LogP contribution in [0.5, 0.6) is 0 Å². The van der Waals surface area contributed by atoms with Crippen LogP contribution in [0.3, 0.4) is 0 Å². The van der Waals surface area contributed by atoms with Crippen LogP contribution >= 0.6 is 0 Å². The molecule has 0 amide bonds. The van der Waals surface area contributed by atoms with E-state index in [1.807, 2.05) is 0 Å². The Kier molecular flexibility index (Phi) is 10.2. The predicted molar refractivity (Wildman–Crippen MR) is 92.5 cm³/mol. The fraction of sp³-hybridized carbons (Fsp3) is 1.00. The van der Waals surface area contributed by atoms with E-state index < -0.39 is 0 Å². The summed E-state index contributed by atoms with van der Waals surface area (Å²) < 4.78 is 11.2. The van der Waals surface area contributed by atoms with Crippen molar-refractivity contribution in [1.29, 1.82) is 0 Å².